The largest absolute Gasteiger partial charge is 0.368 e. The van der Waals surface area contributed by atoms with Crippen molar-refractivity contribution >= 4 is 22.4 Å². The van der Waals surface area contributed by atoms with E-state index in [0.29, 0.717) is 36.6 Å². The van der Waals surface area contributed by atoms with Crippen LogP contribution in [0.3, 0.4) is 0 Å². The zero-order valence-electron chi connectivity index (χ0n) is 16.9. The van der Waals surface area contributed by atoms with E-state index in [1.807, 2.05) is 31.2 Å². The monoisotopic (exact) mass is 426 g/mol. The Morgan fingerprint density at radius 3 is 2.87 bits per heavy atom. The fraction of sp³-hybridized carbons (Fsp3) is 0.318. The molecule has 2 aromatic heterocycles. The Morgan fingerprint density at radius 2 is 2.10 bits per heavy atom. The number of pyridine rings is 1. The molecule has 8 heteroatoms. The summed E-state index contributed by atoms with van der Waals surface area (Å²) in [6, 6.07) is 12.4. The number of anilines is 1. The molecule has 0 bridgehead atoms. The number of carbonyl (C=O) groups is 1. The van der Waals surface area contributed by atoms with Gasteiger partial charge in [-0.3, -0.25) is 9.78 Å². The highest BCUT2D eigenvalue weighted by atomic mass is 32.1. The van der Waals surface area contributed by atoms with E-state index in [4.69, 9.17) is 4.74 Å². The van der Waals surface area contributed by atoms with Gasteiger partial charge in [0, 0.05) is 25.7 Å². The van der Waals surface area contributed by atoms with Crippen LogP contribution in [0.4, 0.5) is 9.52 Å². The smallest absolute Gasteiger partial charge is 0.266 e. The van der Waals surface area contributed by atoms with Gasteiger partial charge >= 0.3 is 0 Å². The van der Waals surface area contributed by atoms with Gasteiger partial charge in [0.05, 0.1) is 24.5 Å². The Bertz CT molecular complexity index is 1060. The van der Waals surface area contributed by atoms with E-state index in [9.17, 15) is 9.18 Å². The van der Waals surface area contributed by atoms with Crippen molar-refractivity contribution in [2.75, 3.05) is 32.1 Å². The molecule has 1 atom stereocenters. The summed E-state index contributed by atoms with van der Waals surface area (Å²) in [6.45, 7) is 3.22. The van der Waals surface area contributed by atoms with Crippen molar-refractivity contribution < 1.29 is 13.9 Å². The van der Waals surface area contributed by atoms with E-state index in [1.165, 1.54) is 17.4 Å². The molecule has 3 heterocycles. The van der Waals surface area contributed by atoms with Crippen LogP contribution in [-0.2, 0) is 11.2 Å². The minimum atomic E-state index is -0.319. The zero-order valence-corrected chi connectivity index (χ0v) is 17.7. The Morgan fingerprint density at radius 1 is 1.27 bits per heavy atom. The van der Waals surface area contributed by atoms with Crippen molar-refractivity contribution in [2.24, 2.45) is 0 Å². The predicted octanol–water partition coefficient (Wildman–Crippen LogP) is 3.83. The van der Waals surface area contributed by atoms with Gasteiger partial charge in [0.1, 0.15) is 16.8 Å². The maximum Gasteiger partial charge on any atom is 0.266 e. The molecule has 156 valence electrons. The molecule has 1 fully saturated rings. The van der Waals surface area contributed by atoms with E-state index >= 15 is 0 Å². The van der Waals surface area contributed by atoms with Crippen LogP contribution >= 0.6 is 11.3 Å². The number of nitrogens with zero attached hydrogens (tertiary/aromatic N) is 3. The van der Waals surface area contributed by atoms with Gasteiger partial charge in [-0.25, -0.2) is 9.37 Å². The summed E-state index contributed by atoms with van der Waals surface area (Å²) >= 11 is 1.36. The average Bonchev–Trinajstić information content (AvgIpc) is 3.16. The van der Waals surface area contributed by atoms with Crippen molar-refractivity contribution in [3.05, 3.63) is 75.8 Å². The van der Waals surface area contributed by atoms with Crippen LogP contribution < -0.4 is 5.32 Å². The number of aromatic nitrogens is 2. The molecule has 1 aliphatic heterocycles. The summed E-state index contributed by atoms with van der Waals surface area (Å²) in [7, 11) is 1.79. The first-order valence-corrected chi connectivity index (χ1v) is 10.6. The van der Waals surface area contributed by atoms with Crippen molar-refractivity contribution in [1.82, 2.24) is 14.9 Å². The van der Waals surface area contributed by atoms with Crippen LogP contribution in [0, 0.1) is 12.7 Å². The lowest BCUT2D eigenvalue weighted by Gasteiger charge is -2.32. The Balaban J connectivity index is 1.50. The van der Waals surface area contributed by atoms with Gasteiger partial charge in [0.2, 0.25) is 0 Å². The second-order valence-corrected chi connectivity index (χ2v) is 8.12. The molecule has 1 aliphatic rings. The number of halogens is 1. The third-order valence-electron chi connectivity index (χ3n) is 5.05. The molecule has 1 N–H and O–H groups in total. The first-order valence-electron chi connectivity index (χ1n) is 9.80. The molecular weight excluding hydrogens is 403 g/mol. The highest BCUT2D eigenvalue weighted by Gasteiger charge is 2.29. The highest BCUT2D eigenvalue weighted by molar-refractivity contribution is 7.17. The molecule has 0 radical (unpaired) electrons. The van der Waals surface area contributed by atoms with Gasteiger partial charge in [-0.1, -0.05) is 35.6 Å². The van der Waals surface area contributed by atoms with Gasteiger partial charge in [0.25, 0.3) is 5.91 Å². The third-order valence-corrected chi connectivity index (χ3v) is 6.21. The summed E-state index contributed by atoms with van der Waals surface area (Å²) in [5.41, 5.74) is 2.84. The lowest BCUT2D eigenvalue weighted by Crippen LogP contribution is -2.42. The predicted molar refractivity (Wildman–Crippen MR) is 114 cm³/mol. The number of nitrogens with one attached hydrogen (secondary N) is 1. The second kappa shape index (κ2) is 8.89. The molecule has 30 heavy (non-hydrogen) atoms. The van der Waals surface area contributed by atoms with E-state index in [1.54, 1.807) is 24.1 Å². The average molecular weight is 427 g/mol. The maximum absolute atomic E-state index is 14.0. The number of rotatable bonds is 5. The van der Waals surface area contributed by atoms with Crippen LogP contribution in [0.5, 0.6) is 0 Å². The molecule has 4 rings (SSSR count). The molecule has 0 aliphatic carbocycles. The highest BCUT2D eigenvalue weighted by Crippen LogP contribution is 2.27. The maximum atomic E-state index is 14.0. The van der Waals surface area contributed by atoms with E-state index in [2.05, 4.69) is 15.3 Å². The normalized spacial score (nSPS) is 16.5. The molecule has 1 unspecified atom stereocenters. The minimum absolute atomic E-state index is 0.0395. The van der Waals surface area contributed by atoms with E-state index < -0.39 is 0 Å². The number of hydrogen-bond acceptors (Lipinski definition) is 6. The summed E-state index contributed by atoms with van der Waals surface area (Å²) < 4.78 is 19.9. The number of carbonyl (C=O) groups excluding carboxylic acids is 1. The number of thiazole rings is 1. The lowest BCUT2D eigenvalue weighted by atomic mass is 10.1. The Hall–Kier alpha value is -2.84. The van der Waals surface area contributed by atoms with Gasteiger partial charge in [-0.05, 0) is 30.7 Å². The quantitative estimate of drug-likeness (QED) is 0.672. The van der Waals surface area contributed by atoms with Gasteiger partial charge in [0.15, 0.2) is 5.13 Å². The molecule has 0 saturated carbocycles. The summed E-state index contributed by atoms with van der Waals surface area (Å²) in [5.74, 6) is -0.279. The van der Waals surface area contributed by atoms with E-state index in [0.717, 1.165) is 22.2 Å². The topological polar surface area (TPSA) is 67.4 Å². The minimum Gasteiger partial charge on any atom is -0.368 e. The van der Waals surface area contributed by atoms with Gasteiger partial charge in [-0.15, -0.1) is 0 Å². The number of benzene rings is 1. The van der Waals surface area contributed by atoms with E-state index in [-0.39, 0.29) is 17.8 Å². The number of hydrogen-bond donors (Lipinski definition) is 1. The number of amides is 1. The number of ether oxygens (including phenoxy) is 1. The van der Waals surface area contributed by atoms with Crippen LogP contribution in [0.25, 0.3) is 0 Å². The third kappa shape index (κ3) is 4.34. The molecule has 6 nitrogen and oxygen atoms in total. The molecular formula is C22H23FN4O2S. The zero-order chi connectivity index (χ0) is 21.1. The SMILES string of the molecule is CNc1nc(C)c(C(=O)N2CCOC(c3cccc(Cc4ccccc4F)n3)C2)s1. The Labute approximate surface area is 178 Å². The second-order valence-electron chi connectivity index (χ2n) is 7.12. The first-order chi connectivity index (χ1) is 14.5. The van der Waals surface area contributed by atoms with Crippen molar-refractivity contribution in [1.29, 1.82) is 0 Å². The van der Waals surface area contributed by atoms with Gasteiger partial charge in [-0.2, -0.15) is 0 Å². The Kier molecular flexibility index (Phi) is 6.06. The van der Waals surface area contributed by atoms with Crippen LogP contribution in [-0.4, -0.2) is 47.5 Å². The van der Waals surface area contributed by atoms with Crippen molar-refractivity contribution in [3.63, 3.8) is 0 Å². The molecule has 0 spiro atoms. The fourth-order valence-corrected chi connectivity index (χ4v) is 4.36. The van der Waals surface area contributed by atoms with Crippen molar-refractivity contribution in [3.8, 4) is 0 Å². The summed E-state index contributed by atoms with van der Waals surface area (Å²) in [4.78, 5) is 24.5. The molecule has 1 amide bonds. The molecule has 1 saturated heterocycles. The molecule has 3 aromatic rings. The van der Waals surface area contributed by atoms with Crippen LogP contribution in [0.2, 0.25) is 0 Å². The summed E-state index contributed by atoms with van der Waals surface area (Å²) in [6.07, 6.45) is 0.0863. The standard InChI is InChI=1S/C22H23FN4O2S/c1-14-20(30-22(24-2)25-14)21(28)27-10-11-29-19(13-27)18-9-5-7-16(26-18)12-15-6-3-4-8-17(15)23/h3-9,19H,10-13H2,1-2H3,(H,24,25). The number of aryl methyl sites for hydroxylation is 1. The summed E-state index contributed by atoms with van der Waals surface area (Å²) in [5, 5.41) is 3.71. The van der Waals surface area contributed by atoms with Crippen LogP contribution in [0.1, 0.15) is 38.4 Å². The van der Waals surface area contributed by atoms with Crippen LogP contribution in [0.15, 0.2) is 42.5 Å². The van der Waals surface area contributed by atoms with Crippen molar-refractivity contribution in [2.45, 2.75) is 19.4 Å². The lowest BCUT2D eigenvalue weighted by molar-refractivity contribution is -0.0246. The van der Waals surface area contributed by atoms with Gasteiger partial charge < -0.3 is 15.0 Å². The number of morpholine rings is 1. The first kappa shape index (κ1) is 20.4. The molecule has 1 aromatic carbocycles. The fourth-order valence-electron chi connectivity index (χ4n) is 3.47.